The van der Waals surface area contributed by atoms with Crippen molar-refractivity contribution in [2.24, 2.45) is 0 Å². The van der Waals surface area contributed by atoms with Gasteiger partial charge in [0.05, 0.1) is 0 Å². The Labute approximate surface area is 93.3 Å². The Morgan fingerprint density at radius 3 is 2.33 bits per heavy atom. The molecule has 88 valence electrons. The van der Waals surface area contributed by atoms with Crippen LogP contribution in [0.5, 0.6) is 0 Å². The molecule has 1 amide bonds. The van der Waals surface area contributed by atoms with Crippen LogP contribution in [0.1, 0.15) is 6.42 Å². The average molecular weight is 255 g/mol. The van der Waals surface area contributed by atoms with Gasteiger partial charge in [0.1, 0.15) is 0 Å². The molecule has 0 saturated heterocycles. The lowest BCUT2D eigenvalue weighted by Gasteiger charge is -2.07. The molecule has 0 aliphatic rings. The predicted octanol–water partition coefficient (Wildman–Crippen LogP) is -0.932. The Morgan fingerprint density at radius 1 is 1.33 bits per heavy atom. The Kier molecular flexibility index (Phi) is 6.13. The zero-order valence-corrected chi connectivity index (χ0v) is 9.74. The highest BCUT2D eigenvalue weighted by Crippen LogP contribution is 1.86. The van der Waals surface area contributed by atoms with Gasteiger partial charge in [0.15, 0.2) is 0 Å². The first-order valence-corrected chi connectivity index (χ1v) is 5.97. The van der Waals surface area contributed by atoms with Crippen LogP contribution < -0.4 is 15.4 Å². The van der Waals surface area contributed by atoms with Crippen LogP contribution in [0.15, 0.2) is 0 Å². The molecular weight excluding hydrogens is 242 g/mol. The van der Waals surface area contributed by atoms with Gasteiger partial charge in [0, 0.05) is 13.1 Å². The zero-order chi connectivity index (χ0) is 11.9. The SMILES string of the molecule is CNS(=O)(=O)C(=S)NCCCNC(=O)O. The molecule has 15 heavy (non-hydrogen) atoms. The van der Waals surface area contributed by atoms with Crippen LogP contribution in [0, 0.1) is 0 Å². The number of hydrogen-bond acceptors (Lipinski definition) is 4. The monoisotopic (exact) mass is 255 g/mol. The van der Waals surface area contributed by atoms with E-state index in [0.29, 0.717) is 13.0 Å². The minimum absolute atomic E-state index is 0.241. The molecule has 0 spiro atoms. The first kappa shape index (κ1) is 14.1. The van der Waals surface area contributed by atoms with E-state index in [4.69, 9.17) is 5.11 Å². The fourth-order valence-electron chi connectivity index (χ4n) is 0.662. The molecule has 4 N–H and O–H groups in total. The van der Waals surface area contributed by atoms with E-state index in [2.05, 4.69) is 27.6 Å². The van der Waals surface area contributed by atoms with E-state index in [1.54, 1.807) is 0 Å². The summed E-state index contributed by atoms with van der Waals surface area (Å²) in [7, 11) is -2.31. The van der Waals surface area contributed by atoms with Gasteiger partial charge in [0.2, 0.25) is 4.32 Å². The van der Waals surface area contributed by atoms with Gasteiger partial charge < -0.3 is 15.7 Å². The number of amides is 1. The van der Waals surface area contributed by atoms with Gasteiger partial charge in [-0.3, -0.25) is 0 Å². The maximum absolute atomic E-state index is 11.0. The number of thiocarbonyl (C=S) groups is 1. The van der Waals surface area contributed by atoms with Crippen LogP contribution in [-0.2, 0) is 10.0 Å². The molecule has 0 unspecified atom stereocenters. The van der Waals surface area contributed by atoms with Crippen molar-refractivity contribution in [3.63, 3.8) is 0 Å². The summed E-state index contributed by atoms with van der Waals surface area (Å²) in [5.74, 6) is 0. The average Bonchev–Trinajstić information content (AvgIpc) is 2.16. The number of sulfonamides is 1. The Morgan fingerprint density at radius 2 is 1.87 bits per heavy atom. The normalized spacial score (nSPS) is 10.7. The van der Waals surface area contributed by atoms with Crippen molar-refractivity contribution in [2.45, 2.75) is 6.42 Å². The van der Waals surface area contributed by atoms with Crippen molar-refractivity contribution >= 4 is 32.7 Å². The van der Waals surface area contributed by atoms with Crippen LogP contribution in [0.4, 0.5) is 4.79 Å². The predicted molar refractivity (Wildman–Crippen MR) is 59.2 cm³/mol. The van der Waals surface area contributed by atoms with Gasteiger partial charge >= 0.3 is 6.09 Å². The largest absolute Gasteiger partial charge is 0.465 e. The lowest BCUT2D eigenvalue weighted by molar-refractivity contribution is 0.194. The van der Waals surface area contributed by atoms with Crippen molar-refractivity contribution in [3.8, 4) is 0 Å². The van der Waals surface area contributed by atoms with E-state index < -0.39 is 16.1 Å². The summed E-state index contributed by atoms with van der Waals surface area (Å²) in [6.07, 6.45) is -0.661. The van der Waals surface area contributed by atoms with Crippen molar-refractivity contribution in [1.82, 2.24) is 15.4 Å². The minimum atomic E-state index is -3.57. The maximum atomic E-state index is 11.0. The summed E-state index contributed by atoms with van der Waals surface area (Å²) in [6, 6.07) is 0. The molecule has 0 bridgehead atoms. The highest BCUT2D eigenvalue weighted by atomic mass is 32.2. The van der Waals surface area contributed by atoms with Crippen molar-refractivity contribution in [1.29, 1.82) is 0 Å². The number of rotatable bonds is 5. The molecule has 0 aromatic heterocycles. The van der Waals surface area contributed by atoms with E-state index in [-0.39, 0.29) is 10.9 Å². The fraction of sp³-hybridized carbons (Fsp3) is 0.667. The third kappa shape index (κ3) is 6.20. The third-order valence-corrected chi connectivity index (χ3v) is 3.38. The van der Waals surface area contributed by atoms with Gasteiger partial charge in [0.25, 0.3) is 10.0 Å². The van der Waals surface area contributed by atoms with E-state index >= 15 is 0 Å². The summed E-state index contributed by atoms with van der Waals surface area (Å²) < 4.78 is 23.9. The van der Waals surface area contributed by atoms with Gasteiger partial charge in [-0.25, -0.2) is 17.9 Å². The van der Waals surface area contributed by atoms with Crippen LogP contribution in [-0.4, -0.2) is 44.1 Å². The van der Waals surface area contributed by atoms with Crippen molar-refractivity contribution < 1.29 is 18.3 Å². The van der Waals surface area contributed by atoms with E-state index in [1.807, 2.05) is 0 Å². The third-order valence-electron chi connectivity index (χ3n) is 1.41. The van der Waals surface area contributed by atoms with Crippen molar-refractivity contribution in [2.75, 3.05) is 20.1 Å². The molecular formula is C6H13N3O4S2. The second-order valence-corrected chi connectivity index (χ2v) is 5.00. The highest BCUT2D eigenvalue weighted by Gasteiger charge is 2.13. The summed E-state index contributed by atoms with van der Waals surface area (Å²) in [4.78, 5) is 10.0. The summed E-state index contributed by atoms with van der Waals surface area (Å²) >= 11 is 4.59. The summed E-state index contributed by atoms with van der Waals surface area (Å²) in [5, 5.41) is 12.9. The molecule has 0 rings (SSSR count). The summed E-state index contributed by atoms with van der Waals surface area (Å²) in [5.41, 5.74) is 0. The van der Waals surface area contributed by atoms with Crippen LogP contribution >= 0.6 is 12.2 Å². The van der Waals surface area contributed by atoms with Gasteiger partial charge in [-0.1, -0.05) is 0 Å². The van der Waals surface area contributed by atoms with Crippen LogP contribution in [0.3, 0.4) is 0 Å². The Balaban J connectivity index is 3.70. The van der Waals surface area contributed by atoms with Crippen LogP contribution in [0.25, 0.3) is 0 Å². The second kappa shape index (κ2) is 6.53. The first-order valence-electron chi connectivity index (χ1n) is 4.08. The molecule has 0 saturated carbocycles. The van der Waals surface area contributed by atoms with E-state index in [1.165, 1.54) is 7.05 Å². The molecule has 0 aliphatic heterocycles. The fourth-order valence-corrected chi connectivity index (χ4v) is 1.49. The standard InChI is InChI=1S/C6H13N3O4S2/c1-7-15(12,13)6(14)9-4-2-3-8-5(10)11/h7-8H,2-4H2,1H3,(H,9,14)(H,10,11). The molecule has 7 nitrogen and oxygen atoms in total. The quantitative estimate of drug-likeness (QED) is 0.373. The Bertz CT molecular complexity index is 327. The number of carbonyl (C=O) groups is 1. The topological polar surface area (TPSA) is 108 Å². The van der Waals surface area contributed by atoms with Crippen LogP contribution in [0.2, 0.25) is 0 Å². The van der Waals surface area contributed by atoms with E-state index in [0.717, 1.165) is 0 Å². The molecule has 0 atom stereocenters. The zero-order valence-electron chi connectivity index (χ0n) is 8.11. The Hall–Kier alpha value is -0.930. The molecule has 0 fully saturated rings. The molecule has 0 heterocycles. The molecule has 0 aromatic carbocycles. The molecule has 0 aliphatic carbocycles. The minimum Gasteiger partial charge on any atom is -0.465 e. The lowest BCUT2D eigenvalue weighted by Crippen LogP contribution is -2.37. The number of carboxylic acid groups (broad SMARTS) is 1. The van der Waals surface area contributed by atoms with Crippen molar-refractivity contribution in [3.05, 3.63) is 0 Å². The number of hydrogen-bond donors (Lipinski definition) is 4. The van der Waals surface area contributed by atoms with Gasteiger partial charge in [-0.05, 0) is 25.7 Å². The van der Waals surface area contributed by atoms with Gasteiger partial charge in [-0.15, -0.1) is 0 Å². The molecule has 0 radical (unpaired) electrons. The molecule has 0 aromatic rings. The smallest absolute Gasteiger partial charge is 0.404 e. The van der Waals surface area contributed by atoms with E-state index in [9.17, 15) is 13.2 Å². The second-order valence-electron chi connectivity index (χ2n) is 2.51. The number of nitrogens with one attached hydrogen (secondary N) is 3. The molecule has 9 heteroatoms. The lowest BCUT2D eigenvalue weighted by atomic mass is 10.4. The van der Waals surface area contributed by atoms with Gasteiger partial charge in [-0.2, -0.15) is 0 Å². The maximum Gasteiger partial charge on any atom is 0.404 e. The summed E-state index contributed by atoms with van der Waals surface area (Å²) in [6.45, 7) is 0.532. The first-order chi connectivity index (χ1) is 6.90. The highest BCUT2D eigenvalue weighted by molar-refractivity contribution is 8.15.